The van der Waals surface area contributed by atoms with Crippen molar-refractivity contribution in [3.63, 3.8) is 0 Å². The summed E-state index contributed by atoms with van der Waals surface area (Å²) in [5.41, 5.74) is 2.26. The van der Waals surface area contributed by atoms with E-state index in [4.69, 9.17) is 4.52 Å². The molecule has 0 spiro atoms. The number of para-hydroxylation sites is 2. The number of hydrogen-bond acceptors (Lipinski definition) is 6. The lowest BCUT2D eigenvalue weighted by Gasteiger charge is -2.30. The molecule has 25 heavy (non-hydrogen) atoms. The number of piperidine rings is 1. The summed E-state index contributed by atoms with van der Waals surface area (Å²) >= 11 is 0. The van der Waals surface area contributed by atoms with Gasteiger partial charge >= 0.3 is 0 Å². The highest BCUT2D eigenvalue weighted by Gasteiger charge is 2.26. The molecule has 0 bridgehead atoms. The second kappa shape index (κ2) is 6.40. The van der Waals surface area contributed by atoms with Crippen LogP contribution in [-0.2, 0) is 13.6 Å². The average molecular weight is 339 g/mol. The van der Waals surface area contributed by atoms with Crippen molar-refractivity contribution in [2.45, 2.75) is 32.2 Å². The molecule has 1 aliphatic rings. The van der Waals surface area contributed by atoms with Crippen molar-refractivity contribution >= 4 is 11.0 Å². The Hall–Kier alpha value is -2.54. The fraction of sp³-hybridized carbons (Fsp3) is 0.444. The first-order chi connectivity index (χ1) is 12.1. The third-order valence-electron chi connectivity index (χ3n) is 4.82. The van der Waals surface area contributed by atoms with E-state index in [9.17, 15) is 4.79 Å². The molecule has 3 heterocycles. The molecule has 1 aliphatic heterocycles. The number of aromatic nitrogens is 4. The van der Waals surface area contributed by atoms with Crippen molar-refractivity contribution in [1.82, 2.24) is 24.6 Å². The zero-order valence-corrected chi connectivity index (χ0v) is 14.5. The number of hydrogen-bond donors (Lipinski definition) is 0. The topological polar surface area (TPSA) is 77.0 Å². The summed E-state index contributed by atoms with van der Waals surface area (Å²) in [5, 5.41) is 3.89. The van der Waals surface area contributed by atoms with Crippen LogP contribution in [0.2, 0.25) is 0 Å². The van der Waals surface area contributed by atoms with Gasteiger partial charge in [0.25, 0.3) is 5.56 Å². The standard InChI is InChI=1S/C18H21N5O2/c1-12-19-17(25-21-12)13-6-5-9-23(10-13)11-15-18(24)22(2)16-8-4-3-7-14(16)20-15/h3-4,7-8,13H,5-6,9-11H2,1-2H3. The predicted octanol–water partition coefficient (Wildman–Crippen LogP) is 2.00. The normalized spacial score (nSPS) is 18.7. The molecule has 1 unspecified atom stereocenters. The summed E-state index contributed by atoms with van der Waals surface area (Å²) < 4.78 is 7.01. The minimum absolute atomic E-state index is 0.0329. The second-order valence-electron chi connectivity index (χ2n) is 6.67. The van der Waals surface area contributed by atoms with E-state index in [-0.39, 0.29) is 11.5 Å². The van der Waals surface area contributed by atoms with Crippen LogP contribution in [0.1, 0.15) is 36.2 Å². The Morgan fingerprint density at radius 1 is 1.28 bits per heavy atom. The maximum Gasteiger partial charge on any atom is 0.273 e. The molecule has 0 aliphatic carbocycles. The molecule has 7 heteroatoms. The van der Waals surface area contributed by atoms with Crippen LogP contribution < -0.4 is 5.56 Å². The molecule has 0 N–H and O–H groups in total. The quantitative estimate of drug-likeness (QED) is 0.726. The highest BCUT2D eigenvalue weighted by molar-refractivity contribution is 5.74. The zero-order chi connectivity index (χ0) is 17.4. The van der Waals surface area contributed by atoms with E-state index in [1.807, 2.05) is 31.2 Å². The molecule has 3 aromatic rings. The van der Waals surface area contributed by atoms with Crippen molar-refractivity contribution < 1.29 is 4.52 Å². The zero-order valence-electron chi connectivity index (χ0n) is 14.5. The van der Waals surface area contributed by atoms with Crippen LogP contribution >= 0.6 is 0 Å². The number of nitrogens with zero attached hydrogens (tertiary/aromatic N) is 5. The smallest absolute Gasteiger partial charge is 0.273 e. The molecule has 130 valence electrons. The van der Waals surface area contributed by atoms with Crippen LogP contribution in [-0.4, -0.2) is 37.7 Å². The molecular formula is C18H21N5O2. The van der Waals surface area contributed by atoms with Gasteiger partial charge in [0.1, 0.15) is 5.69 Å². The molecule has 0 saturated carbocycles. The minimum Gasteiger partial charge on any atom is -0.339 e. The van der Waals surface area contributed by atoms with Gasteiger partial charge in [0, 0.05) is 20.1 Å². The average Bonchev–Trinajstić information content (AvgIpc) is 3.06. The highest BCUT2D eigenvalue weighted by atomic mass is 16.5. The second-order valence-corrected chi connectivity index (χ2v) is 6.67. The van der Waals surface area contributed by atoms with Gasteiger partial charge in [0.05, 0.1) is 17.0 Å². The van der Waals surface area contributed by atoms with Gasteiger partial charge in [-0.25, -0.2) is 4.98 Å². The maximum absolute atomic E-state index is 12.6. The number of aryl methyl sites for hydroxylation is 2. The Balaban J connectivity index is 1.58. The highest BCUT2D eigenvalue weighted by Crippen LogP contribution is 2.26. The molecule has 4 rings (SSSR count). The lowest BCUT2D eigenvalue weighted by molar-refractivity contribution is 0.178. The summed E-state index contributed by atoms with van der Waals surface area (Å²) in [6.07, 6.45) is 2.07. The van der Waals surface area contributed by atoms with Crippen molar-refractivity contribution in [2.75, 3.05) is 13.1 Å². The summed E-state index contributed by atoms with van der Waals surface area (Å²) in [6, 6.07) is 7.73. The first-order valence-corrected chi connectivity index (χ1v) is 8.59. The third-order valence-corrected chi connectivity index (χ3v) is 4.82. The van der Waals surface area contributed by atoms with Gasteiger partial charge in [0.2, 0.25) is 5.89 Å². The Morgan fingerprint density at radius 3 is 2.92 bits per heavy atom. The van der Waals surface area contributed by atoms with Gasteiger partial charge in [-0.3, -0.25) is 9.69 Å². The molecule has 2 aromatic heterocycles. The molecule has 1 atom stereocenters. The van der Waals surface area contributed by atoms with Gasteiger partial charge in [-0.1, -0.05) is 17.3 Å². The van der Waals surface area contributed by atoms with Crippen LogP contribution in [0.4, 0.5) is 0 Å². The number of likely N-dealkylation sites (tertiary alicyclic amines) is 1. The van der Waals surface area contributed by atoms with E-state index in [0.717, 1.165) is 37.0 Å². The molecule has 1 fully saturated rings. The maximum atomic E-state index is 12.6. The molecule has 1 saturated heterocycles. The Morgan fingerprint density at radius 2 is 2.12 bits per heavy atom. The molecule has 0 amide bonds. The van der Waals surface area contributed by atoms with Gasteiger partial charge < -0.3 is 9.09 Å². The lowest BCUT2D eigenvalue weighted by atomic mass is 9.98. The van der Waals surface area contributed by atoms with E-state index >= 15 is 0 Å². The first kappa shape index (κ1) is 16.0. The van der Waals surface area contributed by atoms with E-state index in [2.05, 4.69) is 20.0 Å². The summed E-state index contributed by atoms with van der Waals surface area (Å²) in [5.74, 6) is 1.58. The van der Waals surface area contributed by atoms with Crippen molar-refractivity contribution in [1.29, 1.82) is 0 Å². The largest absolute Gasteiger partial charge is 0.339 e. The SMILES string of the molecule is Cc1noc(C2CCCN(Cc3nc4ccccc4n(C)c3=O)C2)n1. The van der Waals surface area contributed by atoms with Gasteiger partial charge in [-0.05, 0) is 38.4 Å². The van der Waals surface area contributed by atoms with Gasteiger partial charge in [-0.15, -0.1) is 0 Å². The fourth-order valence-electron chi connectivity index (χ4n) is 3.53. The Bertz CT molecular complexity index is 961. The van der Waals surface area contributed by atoms with Gasteiger partial charge in [-0.2, -0.15) is 4.98 Å². The van der Waals surface area contributed by atoms with E-state index in [1.54, 1.807) is 11.6 Å². The van der Waals surface area contributed by atoms with Crippen LogP contribution in [0.5, 0.6) is 0 Å². The summed E-state index contributed by atoms with van der Waals surface area (Å²) in [7, 11) is 1.80. The fourth-order valence-corrected chi connectivity index (χ4v) is 3.53. The van der Waals surface area contributed by atoms with Crippen LogP contribution in [0.15, 0.2) is 33.6 Å². The summed E-state index contributed by atoms with van der Waals surface area (Å²) in [4.78, 5) is 23.9. The summed E-state index contributed by atoms with van der Waals surface area (Å²) in [6.45, 7) is 4.12. The lowest BCUT2D eigenvalue weighted by Crippen LogP contribution is -2.37. The number of fused-ring (bicyclic) bond motifs is 1. The monoisotopic (exact) mass is 339 g/mol. The molecule has 0 radical (unpaired) electrons. The van der Waals surface area contributed by atoms with Crippen LogP contribution in [0, 0.1) is 6.92 Å². The van der Waals surface area contributed by atoms with Crippen molar-refractivity contribution in [3.05, 3.63) is 52.0 Å². The minimum atomic E-state index is -0.0329. The number of benzene rings is 1. The van der Waals surface area contributed by atoms with Crippen LogP contribution in [0.25, 0.3) is 11.0 Å². The molecular weight excluding hydrogens is 318 g/mol. The van der Waals surface area contributed by atoms with E-state index < -0.39 is 0 Å². The molecule has 7 nitrogen and oxygen atoms in total. The Labute approximate surface area is 145 Å². The Kier molecular flexibility index (Phi) is 4.09. The van der Waals surface area contributed by atoms with Gasteiger partial charge in [0.15, 0.2) is 5.82 Å². The van der Waals surface area contributed by atoms with E-state index in [0.29, 0.717) is 24.0 Å². The predicted molar refractivity (Wildman–Crippen MR) is 93.3 cm³/mol. The van der Waals surface area contributed by atoms with Crippen molar-refractivity contribution in [3.8, 4) is 0 Å². The third kappa shape index (κ3) is 3.07. The number of rotatable bonds is 3. The molecule has 1 aromatic carbocycles. The van der Waals surface area contributed by atoms with E-state index in [1.165, 1.54) is 0 Å². The van der Waals surface area contributed by atoms with Crippen LogP contribution in [0.3, 0.4) is 0 Å². The first-order valence-electron chi connectivity index (χ1n) is 8.59. The van der Waals surface area contributed by atoms with Crippen molar-refractivity contribution in [2.24, 2.45) is 7.05 Å².